The molecule has 0 unspecified atom stereocenters. The van der Waals surface area contributed by atoms with Gasteiger partial charge < -0.3 is 15.8 Å². The van der Waals surface area contributed by atoms with Crippen molar-refractivity contribution in [1.82, 2.24) is 0 Å². The van der Waals surface area contributed by atoms with Gasteiger partial charge in [0.1, 0.15) is 12.4 Å². The zero-order chi connectivity index (χ0) is 18.2. The third-order valence-electron chi connectivity index (χ3n) is 3.80. The van der Waals surface area contributed by atoms with Gasteiger partial charge in [0.25, 0.3) is 0 Å². The fourth-order valence-electron chi connectivity index (χ4n) is 2.43. The van der Waals surface area contributed by atoms with Crippen molar-refractivity contribution in [2.75, 3.05) is 18.5 Å². The fraction of sp³-hybridized carbons (Fsp3) is 0.300. The molecule has 25 heavy (non-hydrogen) atoms. The highest BCUT2D eigenvalue weighted by atomic mass is 16.5. The highest BCUT2D eigenvalue weighted by Gasteiger charge is 2.12. The lowest BCUT2D eigenvalue weighted by molar-refractivity contribution is -0.116. The second-order valence-electron chi connectivity index (χ2n) is 5.95. The summed E-state index contributed by atoms with van der Waals surface area (Å²) in [4.78, 5) is 24.4. The first-order valence-corrected chi connectivity index (χ1v) is 8.33. The van der Waals surface area contributed by atoms with Gasteiger partial charge in [-0.05, 0) is 49.7 Å². The maximum absolute atomic E-state index is 12.3. The van der Waals surface area contributed by atoms with Crippen molar-refractivity contribution >= 4 is 17.4 Å². The van der Waals surface area contributed by atoms with E-state index in [9.17, 15) is 9.59 Å². The number of nitrogens with one attached hydrogen (secondary N) is 1. The normalized spacial score (nSPS) is 10.4. The fourth-order valence-corrected chi connectivity index (χ4v) is 2.43. The largest absolute Gasteiger partial charge is 0.492 e. The molecule has 0 saturated carbocycles. The molecule has 0 atom stereocenters. The molecule has 2 rings (SSSR count). The average molecular weight is 340 g/mol. The van der Waals surface area contributed by atoms with Crippen LogP contribution in [0.15, 0.2) is 42.5 Å². The standard InChI is InChI=1S/C20H24N2O3/c1-14-3-4-15(2)18(13-14)19(23)9-10-20(24)22-16-5-7-17(8-6-16)25-12-11-21/h3-8,13H,9-12,21H2,1-2H3,(H,22,24). The molecule has 2 aromatic carbocycles. The van der Waals surface area contributed by atoms with Crippen LogP contribution in [0.25, 0.3) is 0 Å². The Bertz CT molecular complexity index is 739. The third-order valence-corrected chi connectivity index (χ3v) is 3.80. The molecule has 0 fully saturated rings. The molecule has 2 aromatic rings. The predicted molar refractivity (Wildman–Crippen MR) is 99.1 cm³/mol. The van der Waals surface area contributed by atoms with Crippen molar-refractivity contribution in [1.29, 1.82) is 0 Å². The van der Waals surface area contributed by atoms with E-state index in [1.165, 1.54) is 0 Å². The number of anilines is 1. The number of amides is 1. The Balaban J connectivity index is 1.86. The molecular formula is C20H24N2O3. The van der Waals surface area contributed by atoms with E-state index in [0.29, 0.717) is 30.2 Å². The van der Waals surface area contributed by atoms with E-state index in [0.717, 1.165) is 11.1 Å². The Labute approximate surface area is 148 Å². The lowest BCUT2D eigenvalue weighted by atomic mass is 9.99. The van der Waals surface area contributed by atoms with Gasteiger partial charge in [0.05, 0.1) is 0 Å². The molecule has 1 amide bonds. The number of carbonyl (C=O) groups is 2. The monoisotopic (exact) mass is 340 g/mol. The van der Waals surface area contributed by atoms with Gasteiger partial charge in [-0.15, -0.1) is 0 Å². The summed E-state index contributed by atoms with van der Waals surface area (Å²) in [7, 11) is 0. The molecule has 0 aliphatic heterocycles. The first kappa shape index (κ1) is 18.7. The lowest BCUT2D eigenvalue weighted by Gasteiger charge is -2.08. The molecule has 5 nitrogen and oxygen atoms in total. The third kappa shape index (κ3) is 5.72. The summed E-state index contributed by atoms with van der Waals surface area (Å²) in [6.07, 6.45) is 0.339. The van der Waals surface area contributed by atoms with Crippen molar-refractivity contribution in [2.45, 2.75) is 26.7 Å². The summed E-state index contributed by atoms with van der Waals surface area (Å²) in [5.41, 5.74) is 8.71. The minimum Gasteiger partial charge on any atom is -0.492 e. The number of nitrogens with two attached hydrogens (primary N) is 1. The summed E-state index contributed by atoms with van der Waals surface area (Å²) in [6, 6.07) is 12.8. The van der Waals surface area contributed by atoms with Crippen molar-refractivity contribution in [3.63, 3.8) is 0 Å². The maximum Gasteiger partial charge on any atom is 0.224 e. The first-order chi connectivity index (χ1) is 12.0. The van der Waals surface area contributed by atoms with Gasteiger partial charge in [-0.25, -0.2) is 0 Å². The van der Waals surface area contributed by atoms with Crippen LogP contribution in [-0.4, -0.2) is 24.8 Å². The second kappa shape index (κ2) is 8.99. The van der Waals surface area contributed by atoms with Gasteiger partial charge in [-0.3, -0.25) is 9.59 Å². The van der Waals surface area contributed by atoms with Crippen molar-refractivity contribution in [2.24, 2.45) is 5.73 Å². The van der Waals surface area contributed by atoms with E-state index in [1.54, 1.807) is 24.3 Å². The van der Waals surface area contributed by atoms with Crippen LogP contribution in [0.1, 0.15) is 34.3 Å². The number of ketones is 1. The minimum absolute atomic E-state index is 0.0121. The van der Waals surface area contributed by atoms with Gasteiger partial charge in [0.15, 0.2) is 5.78 Å². The van der Waals surface area contributed by atoms with Crippen molar-refractivity contribution in [3.8, 4) is 5.75 Å². The molecule has 132 valence electrons. The van der Waals surface area contributed by atoms with Crippen LogP contribution < -0.4 is 15.8 Å². The number of hydrogen-bond acceptors (Lipinski definition) is 4. The van der Waals surface area contributed by atoms with Gasteiger partial charge >= 0.3 is 0 Å². The van der Waals surface area contributed by atoms with Gasteiger partial charge in [0.2, 0.25) is 5.91 Å². The van der Waals surface area contributed by atoms with Crippen molar-refractivity contribution < 1.29 is 14.3 Å². The Morgan fingerprint density at radius 1 is 1.04 bits per heavy atom. The Hall–Kier alpha value is -2.66. The number of carbonyl (C=O) groups excluding carboxylic acids is 2. The molecule has 0 spiro atoms. The quantitative estimate of drug-likeness (QED) is 0.723. The number of aryl methyl sites for hydroxylation is 2. The molecule has 0 heterocycles. The highest BCUT2D eigenvalue weighted by molar-refractivity contribution is 6.01. The zero-order valence-electron chi connectivity index (χ0n) is 14.7. The second-order valence-corrected chi connectivity index (χ2v) is 5.95. The van der Waals surface area contributed by atoms with Crippen molar-refractivity contribution in [3.05, 3.63) is 59.2 Å². The SMILES string of the molecule is Cc1ccc(C)c(C(=O)CCC(=O)Nc2ccc(OCCN)cc2)c1. The molecule has 5 heteroatoms. The van der Waals surface area contributed by atoms with E-state index in [4.69, 9.17) is 10.5 Å². The Kier molecular flexibility index (Phi) is 6.71. The van der Waals surface area contributed by atoms with E-state index in [-0.39, 0.29) is 24.5 Å². The minimum atomic E-state index is -0.186. The van der Waals surface area contributed by atoms with E-state index >= 15 is 0 Å². The molecule has 0 aliphatic rings. The molecule has 3 N–H and O–H groups in total. The van der Waals surface area contributed by atoms with E-state index in [1.807, 2.05) is 32.0 Å². The lowest BCUT2D eigenvalue weighted by Crippen LogP contribution is -2.14. The number of Topliss-reactive ketones (excluding diaryl/α,β-unsaturated/α-hetero) is 1. The summed E-state index contributed by atoms with van der Waals surface area (Å²) in [6.45, 7) is 4.75. The van der Waals surface area contributed by atoms with Crippen LogP contribution >= 0.6 is 0 Å². The molecule has 0 saturated heterocycles. The van der Waals surface area contributed by atoms with Gasteiger partial charge in [0, 0.05) is 30.6 Å². The summed E-state index contributed by atoms with van der Waals surface area (Å²) < 4.78 is 5.38. The summed E-state index contributed by atoms with van der Waals surface area (Å²) >= 11 is 0. The molecule has 0 bridgehead atoms. The highest BCUT2D eigenvalue weighted by Crippen LogP contribution is 2.17. The van der Waals surface area contributed by atoms with Gasteiger partial charge in [-0.1, -0.05) is 17.7 Å². The van der Waals surface area contributed by atoms with E-state index in [2.05, 4.69) is 5.32 Å². The van der Waals surface area contributed by atoms with Crippen LogP contribution in [0.3, 0.4) is 0 Å². The topological polar surface area (TPSA) is 81.4 Å². The summed E-state index contributed by atoms with van der Waals surface area (Å²) in [5, 5.41) is 2.79. The van der Waals surface area contributed by atoms with Crippen LogP contribution in [0.2, 0.25) is 0 Å². The number of rotatable bonds is 8. The van der Waals surface area contributed by atoms with Crippen LogP contribution in [0, 0.1) is 13.8 Å². The van der Waals surface area contributed by atoms with E-state index < -0.39 is 0 Å². The maximum atomic E-state index is 12.3. The summed E-state index contributed by atoms with van der Waals surface area (Å²) in [5.74, 6) is 0.504. The smallest absolute Gasteiger partial charge is 0.224 e. The van der Waals surface area contributed by atoms with Crippen LogP contribution in [0.5, 0.6) is 5.75 Å². The Morgan fingerprint density at radius 2 is 1.76 bits per heavy atom. The number of benzene rings is 2. The molecule has 0 aromatic heterocycles. The number of hydrogen-bond donors (Lipinski definition) is 2. The van der Waals surface area contributed by atoms with Crippen LogP contribution in [-0.2, 0) is 4.79 Å². The van der Waals surface area contributed by atoms with Crippen LogP contribution in [0.4, 0.5) is 5.69 Å². The molecule has 0 aliphatic carbocycles. The molecular weight excluding hydrogens is 316 g/mol. The zero-order valence-corrected chi connectivity index (χ0v) is 14.7. The van der Waals surface area contributed by atoms with Gasteiger partial charge in [-0.2, -0.15) is 0 Å². The first-order valence-electron chi connectivity index (χ1n) is 8.33. The number of ether oxygens (including phenoxy) is 1. The molecule has 0 radical (unpaired) electrons. The average Bonchev–Trinajstić information content (AvgIpc) is 2.61. The Morgan fingerprint density at radius 3 is 2.44 bits per heavy atom. The predicted octanol–water partition coefficient (Wildman–Crippen LogP) is 3.24.